The Morgan fingerprint density at radius 3 is 2.50 bits per heavy atom. The summed E-state index contributed by atoms with van der Waals surface area (Å²) in [7, 11) is 5.41. The van der Waals surface area contributed by atoms with Crippen molar-refractivity contribution in [3.63, 3.8) is 0 Å². The zero-order chi connectivity index (χ0) is 33.1. The Hall–Kier alpha value is -5.13. The third kappa shape index (κ3) is 6.75. The predicted octanol–water partition coefficient (Wildman–Crippen LogP) is 4.36. The lowest BCUT2D eigenvalue weighted by atomic mass is 10.0. The van der Waals surface area contributed by atoms with Crippen LogP contribution in [0.4, 0.5) is 10.2 Å². The second-order valence-corrected chi connectivity index (χ2v) is 11.6. The molecule has 0 saturated heterocycles. The summed E-state index contributed by atoms with van der Waals surface area (Å²) in [5.41, 5.74) is 10.3. The van der Waals surface area contributed by atoms with E-state index >= 15 is 4.39 Å². The SMILES string of the molecule is Cc1cccc(-n2c(=O)c(C(=O)Cc3ccc(-c4nc(-c5cccc(OCC(O)CN(C)C)c5F)cnc4N)cc3)c(C)n2C)c1. The highest BCUT2D eigenvalue weighted by atomic mass is 19.1. The summed E-state index contributed by atoms with van der Waals surface area (Å²) < 4.78 is 24.2. The van der Waals surface area contributed by atoms with E-state index in [0.717, 1.165) is 5.56 Å². The van der Waals surface area contributed by atoms with Gasteiger partial charge in [0.2, 0.25) is 0 Å². The van der Waals surface area contributed by atoms with Gasteiger partial charge in [-0.15, -0.1) is 0 Å². The number of halogens is 1. The highest BCUT2D eigenvalue weighted by Gasteiger charge is 2.23. The summed E-state index contributed by atoms with van der Waals surface area (Å²) in [5.74, 6) is -0.769. The van der Waals surface area contributed by atoms with E-state index < -0.39 is 11.9 Å². The molecule has 1 unspecified atom stereocenters. The van der Waals surface area contributed by atoms with Gasteiger partial charge in [0.1, 0.15) is 29.8 Å². The summed E-state index contributed by atoms with van der Waals surface area (Å²) in [6.45, 7) is 4.01. The Kier molecular flexibility index (Phi) is 9.45. The van der Waals surface area contributed by atoms with Gasteiger partial charge in [-0.3, -0.25) is 14.3 Å². The molecule has 10 nitrogen and oxygen atoms in total. The first-order valence-corrected chi connectivity index (χ1v) is 14.8. The molecule has 1 atom stereocenters. The van der Waals surface area contributed by atoms with Crippen molar-refractivity contribution < 1.29 is 19.0 Å². The summed E-state index contributed by atoms with van der Waals surface area (Å²) >= 11 is 0. The van der Waals surface area contributed by atoms with Crippen molar-refractivity contribution in [1.29, 1.82) is 0 Å². The number of Topliss-reactive ketones (excluding diaryl/α,β-unsaturated/α-hetero) is 1. The third-order valence-corrected chi connectivity index (χ3v) is 7.72. The van der Waals surface area contributed by atoms with E-state index in [1.807, 2.05) is 50.2 Å². The maximum atomic E-state index is 15.4. The van der Waals surface area contributed by atoms with Crippen molar-refractivity contribution in [2.75, 3.05) is 33.0 Å². The number of nitrogen functional groups attached to an aromatic ring is 1. The van der Waals surface area contributed by atoms with Crippen molar-refractivity contribution in [2.45, 2.75) is 26.4 Å². The van der Waals surface area contributed by atoms with Crippen LogP contribution in [0.3, 0.4) is 0 Å². The van der Waals surface area contributed by atoms with Crippen molar-refractivity contribution in [3.05, 3.63) is 111 Å². The number of nitrogens with zero attached hydrogens (tertiary/aromatic N) is 5. The van der Waals surface area contributed by atoms with Crippen molar-refractivity contribution in [3.8, 4) is 34.0 Å². The van der Waals surface area contributed by atoms with Gasteiger partial charge < -0.3 is 20.5 Å². The summed E-state index contributed by atoms with van der Waals surface area (Å²) in [6.07, 6.45) is 0.630. The van der Waals surface area contributed by atoms with Crippen molar-refractivity contribution >= 4 is 11.6 Å². The molecule has 0 amide bonds. The van der Waals surface area contributed by atoms with Gasteiger partial charge >= 0.3 is 0 Å². The van der Waals surface area contributed by atoms with E-state index in [0.29, 0.717) is 34.7 Å². The minimum atomic E-state index is -0.784. The molecule has 0 saturated carbocycles. The average molecular weight is 625 g/mol. The van der Waals surface area contributed by atoms with Gasteiger partial charge in [0, 0.05) is 36.8 Å². The number of carbonyl (C=O) groups is 1. The Labute approximate surface area is 266 Å². The molecule has 0 bridgehead atoms. The number of rotatable bonds is 11. The largest absolute Gasteiger partial charge is 0.488 e. The van der Waals surface area contributed by atoms with Crippen LogP contribution in [-0.2, 0) is 13.5 Å². The fourth-order valence-corrected chi connectivity index (χ4v) is 5.36. The first-order chi connectivity index (χ1) is 21.9. The van der Waals surface area contributed by atoms with E-state index in [1.165, 1.54) is 16.9 Å². The minimum absolute atomic E-state index is 0.0104. The first kappa shape index (κ1) is 32.3. The molecule has 0 fully saturated rings. The van der Waals surface area contributed by atoms with Crippen LogP contribution in [0.1, 0.15) is 27.2 Å². The normalized spacial score (nSPS) is 12.0. The van der Waals surface area contributed by atoms with E-state index in [9.17, 15) is 14.7 Å². The molecule has 11 heteroatoms. The topological polar surface area (TPSA) is 128 Å². The smallest absolute Gasteiger partial charge is 0.282 e. The van der Waals surface area contributed by atoms with Crippen LogP contribution in [-0.4, -0.2) is 68.5 Å². The maximum absolute atomic E-state index is 15.4. The van der Waals surface area contributed by atoms with Gasteiger partial charge in [0.05, 0.1) is 17.6 Å². The molecule has 3 aromatic carbocycles. The quantitative estimate of drug-likeness (QED) is 0.208. The number of hydrogen-bond donors (Lipinski definition) is 2. The number of benzene rings is 3. The fourth-order valence-electron chi connectivity index (χ4n) is 5.36. The van der Waals surface area contributed by atoms with Gasteiger partial charge in [-0.1, -0.05) is 42.5 Å². The van der Waals surface area contributed by atoms with Crippen LogP contribution in [0.15, 0.2) is 77.7 Å². The second-order valence-electron chi connectivity index (χ2n) is 11.6. The summed E-state index contributed by atoms with van der Waals surface area (Å²) in [6, 6.07) is 19.3. The number of carbonyl (C=O) groups excluding carboxylic acids is 1. The van der Waals surface area contributed by atoms with Gasteiger partial charge in [0.25, 0.3) is 5.56 Å². The summed E-state index contributed by atoms with van der Waals surface area (Å²) in [5, 5.41) is 10.1. The third-order valence-electron chi connectivity index (χ3n) is 7.72. The first-order valence-electron chi connectivity index (χ1n) is 14.8. The van der Waals surface area contributed by atoms with Gasteiger partial charge in [-0.05, 0) is 63.3 Å². The number of aliphatic hydroxyl groups is 1. The second kappa shape index (κ2) is 13.5. The number of nitrogens with two attached hydrogens (primary N) is 1. The number of hydrogen-bond acceptors (Lipinski definition) is 8. The van der Waals surface area contributed by atoms with Gasteiger partial charge in [0.15, 0.2) is 17.3 Å². The lowest BCUT2D eigenvalue weighted by Gasteiger charge is -2.17. The summed E-state index contributed by atoms with van der Waals surface area (Å²) in [4.78, 5) is 37.4. The molecule has 5 aromatic rings. The van der Waals surface area contributed by atoms with E-state index in [4.69, 9.17) is 10.5 Å². The Balaban J connectivity index is 1.36. The molecule has 0 aliphatic heterocycles. The molecule has 46 heavy (non-hydrogen) atoms. The Morgan fingerprint density at radius 2 is 1.80 bits per heavy atom. The standard InChI is InChI=1S/C35H37FN6O4/c1-21-8-6-9-25(16-21)42-35(45)31(22(2)41(42)5)29(44)17-23-12-14-24(15-13-23)33-34(37)38-18-28(39-33)27-10-7-11-30(32(27)36)46-20-26(43)19-40(3)4/h6-16,18,26,43H,17,19-20H2,1-5H3,(H2,37,38). The Morgan fingerprint density at radius 1 is 1.09 bits per heavy atom. The average Bonchev–Trinajstić information content (AvgIpc) is 3.24. The molecule has 2 aromatic heterocycles. The van der Waals surface area contributed by atoms with E-state index in [1.54, 1.807) is 55.1 Å². The van der Waals surface area contributed by atoms with Crippen LogP contribution in [0.25, 0.3) is 28.2 Å². The zero-order valence-corrected chi connectivity index (χ0v) is 26.5. The van der Waals surface area contributed by atoms with Crippen LogP contribution in [0, 0.1) is 19.7 Å². The molecule has 238 valence electrons. The molecular weight excluding hydrogens is 587 g/mol. The van der Waals surface area contributed by atoms with E-state index in [-0.39, 0.29) is 52.8 Å². The fraction of sp³-hybridized carbons (Fsp3) is 0.257. The van der Waals surface area contributed by atoms with Crippen LogP contribution < -0.4 is 16.0 Å². The molecule has 0 aliphatic carbocycles. The number of ether oxygens (including phenoxy) is 1. The van der Waals surface area contributed by atoms with Crippen molar-refractivity contribution in [1.82, 2.24) is 24.2 Å². The molecule has 0 aliphatic rings. The maximum Gasteiger partial charge on any atom is 0.282 e. The highest BCUT2D eigenvalue weighted by Crippen LogP contribution is 2.31. The van der Waals surface area contributed by atoms with Crippen LogP contribution in [0.5, 0.6) is 5.75 Å². The molecule has 0 radical (unpaired) electrons. The van der Waals surface area contributed by atoms with Crippen molar-refractivity contribution in [2.24, 2.45) is 7.05 Å². The monoisotopic (exact) mass is 624 g/mol. The number of aromatic nitrogens is 4. The predicted molar refractivity (Wildman–Crippen MR) is 176 cm³/mol. The number of aliphatic hydroxyl groups excluding tert-OH is 1. The zero-order valence-electron chi connectivity index (χ0n) is 26.5. The van der Waals surface area contributed by atoms with Gasteiger partial charge in [-0.25, -0.2) is 19.0 Å². The lowest BCUT2D eigenvalue weighted by Crippen LogP contribution is -2.30. The molecule has 5 rings (SSSR count). The highest BCUT2D eigenvalue weighted by molar-refractivity contribution is 5.98. The molecule has 2 heterocycles. The van der Waals surface area contributed by atoms with Gasteiger partial charge in [-0.2, -0.15) is 0 Å². The van der Waals surface area contributed by atoms with Crippen LogP contribution in [0.2, 0.25) is 0 Å². The van der Waals surface area contributed by atoms with Crippen LogP contribution >= 0.6 is 0 Å². The number of aryl methyl sites for hydroxylation is 1. The minimum Gasteiger partial charge on any atom is -0.488 e. The molecule has 0 spiro atoms. The number of ketones is 1. The molecular formula is C35H37FN6O4. The molecule has 3 N–H and O–H groups in total. The van der Waals surface area contributed by atoms with E-state index in [2.05, 4.69) is 9.97 Å². The number of anilines is 1. The Bertz CT molecular complexity index is 1950. The number of likely N-dealkylation sites (N-methyl/N-ethyl adjacent to an activating group) is 1. The lowest BCUT2D eigenvalue weighted by molar-refractivity contribution is 0.0814.